The Bertz CT molecular complexity index is 625. The van der Waals surface area contributed by atoms with Gasteiger partial charge in [0.25, 0.3) is 5.91 Å². The Balaban J connectivity index is 1.36. The van der Waals surface area contributed by atoms with Crippen molar-refractivity contribution in [2.24, 2.45) is 0 Å². The molecule has 2 aliphatic heterocycles. The van der Waals surface area contributed by atoms with Crippen LogP contribution in [0.3, 0.4) is 0 Å². The van der Waals surface area contributed by atoms with Gasteiger partial charge >= 0.3 is 0 Å². The number of hydrogen-bond acceptors (Lipinski definition) is 5. The lowest BCUT2D eigenvalue weighted by atomic mass is 9.88. The van der Waals surface area contributed by atoms with Crippen LogP contribution in [0, 0.1) is 13.8 Å². The van der Waals surface area contributed by atoms with Crippen LogP contribution in [-0.2, 0) is 0 Å². The number of rotatable bonds is 3. The minimum Gasteiger partial charge on any atom is -0.334 e. The zero-order chi connectivity index (χ0) is 16.0. The van der Waals surface area contributed by atoms with Gasteiger partial charge in [-0.1, -0.05) is 6.42 Å². The van der Waals surface area contributed by atoms with Gasteiger partial charge in [-0.15, -0.1) is 11.8 Å². The third-order valence-electron chi connectivity index (χ3n) is 5.57. The van der Waals surface area contributed by atoms with E-state index in [-0.39, 0.29) is 10.7 Å². The lowest BCUT2D eigenvalue weighted by Gasteiger charge is -2.47. The molecule has 6 heteroatoms. The van der Waals surface area contributed by atoms with Gasteiger partial charge in [0.15, 0.2) is 0 Å². The second-order valence-electron chi connectivity index (χ2n) is 7.28. The fraction of sp³-hybridized carbons (Fsp3) is 0.706. The number of hydrogen-bond donors (Lipinski definition) is 1. The Kier molecular flexibility index (Phi) is 3.84. The third-order valence-corrected chi connectivity index (χ3v) is 7.18. The van der Waals surface area contributed by atoms with Gasteiger partial charge in [0.1, 0.15) is 12.0 Å². The van der Waals surface area contributed by atoms with Crippen molar-refractivity contribution in [1.82, 2.24) is 20.2 Å². The van der Waals surface area contributed by atoms with E-state index in [1.54, 1.807) is 0 Å². The maximum absolute atomic E-state index is 12.7. The molecule has 3 fully saturated rings. The molecule has 23 heavy (non-hydrogen) atoms. The number of nitrogens with zero attached hydrogens (tertiary/aromatic N) is 3. The van der Waals surface area contributed by atoms with Gasteiger partial charge in [-0.2, -0.15) is 0 Å². The molecule has 1 aromatic rings. The molecule has 5 nitrogen and oxygen atoms in total. The fourth-order valence-corrected chi connectivity index (χ4v) is 5.36. The molecule has 0 bridgehead atoms. The second-order valence-corrected chi connectivity index (χ2v) is 8.77. The van der Waals surface area contributed by atoms with E-state index >= 15 is 0 Å². The highest BCUT2D eigenvalue weighted by atomic mass is 32.2. The van der Waals surface area contributed by atoms with Crippen LogP contribution >= 0.6 is 11.8 Å². The Morgan fingerprint density at radius 2 is 2.09 bits per heavy atom. The SMILES string of the molecule is Cc1ncnc(C(=O)N2CC3(CC(NC4CCC4)CS3)C2)c1C. The quantitative estimate of drug-likeness (QED) is 0.917. The molecular weight excluding hydrogens is 308 g/mol. The molecule has 0 aromatic carbocycles. The highest BCUT2D eigenvalue weighted by Gasteiger charge is 2.51. The van der Waals surface area contributed by atoms with Crippen LogP contribution in [0.5, 0.6) is 0 Å². The van der Waals surface area contributed by atoms with Crippen LogP contribution in [0.4, 0.5) is 0 Å². The molecule has 3 aliphatic rings. The number of aryl methyl sites for hydroxylation is 1. The molecule has 1 saturated carbocycles. The minimum atomic E-state index is 0.0645. The Morgan fingerprint density at radius 3 is 2.78 bits per heavy atom. The van der Waals surface area contributed by atoms with Crippen molar-refractivity contribution in [2.45, 2.75) is 56.4 Å². The van der Waals surface area contributed by atoms with Crippen LogP contribution in [-0.4, -0.2) is 56.4 Å². The van der Waals surface area contributed by atoms with E-state index in [9.17, 15) is 4.79 Å². The normalized spacial score (nSPS) is 26.2. The zero-order valence-corrected chi connectivity index (χ0v) is 14.7. The van der Waals surface area contributed by atoms with E-state index < -0.39 is 0 Å². The van der Waals surface area contributed by atoms with Crippen LogP contribution in [0.25, 0.3) is 0 Å². The summed E-state index contributed by atoms with van der Waals surface area (Å²) in [4.78, 5) is 23.0. The van der Waals surface area contributed by atoms with Crippen molar-refractivity contribution in [3.05, 3.63) is 23.3 Å². The summed E-state index contributed by atoms with van der Waals surface area (Å²) in [6, 6.07) is 1.38. The molecule has 4 rings (SSSR count). The summed E-state index contributed by atoms with van der Waals surface area (Å²) in [6.07, 6.45) is 6.74. The van der Waals surface area contributed by atoms with Crippen molar-refractivity contribution < 1.29 is 4.79 Å². The van der Waals surface area contributed by atoms with Crippen LogP contribution < -0.4 is 5.32 Å². The summed E-state index contributed by atoms with van der Waals surface area (Å²) >= 11 is 2.05. The highest BCUT2D eigenvalue weighted by Crippen LogP contribution is 2.46. The molecule has 1 N–H and O–H groups in total. The van der Waals surface area contributed by atoms with Crippen molar-refractivity contribution in [1.29, 1.82) is 0 Å². The first-order valence-corrected chi connectivity index (χ1v) is 9.52. The number of likely N-dealkylation sites (tertiary alicyclic amines) is 1. The predicted molar refractivity (Wildman–Crippen MR) is 91.8 cm³/mol. The van der Waals surface area contributed by atoms with Gasteiger partial charge in [0.2, 0.25) is 0 Å². The Morgan fingerprint density at radius 1 is 1.30 bits per heavy atom. The molecule has 1 aliphatic carbocycles. The standard InChI is InChI=1S/C17H24N4OS/c1-11-12(2)18-10-19-15(11)16(22)21-8-17(9-21)6-14(7-23-17)20-13-4-3-5-13/h10,13-14,20H,3-9H2,1-2H3. The maximum Gasteiger partial charge on any atom is 0.272 e. The van der Waals surface area contributed by atoms with Crippen molar-refractivity contribution in [2.75, 3.05) is 18.8 Å². The number of thioether (sulfide) groups is 1. The van der Waals surface area contributed by atoms with Crippen molar-refractivity contribution >= 4 is 17.7 Å². The van der Waals surface area contributed by atoms with Gasteiger partial charge in [0, 0.05) is 42.2 Å². The highest BCUT2D eigenvalue weighted by molar-refractivity contribution is 8.01. The average Bonchev–Trinajstić information content (AvgIpc) is 2.88. The molecular formula is C17H24N4OS. The van der Waals surface area contributed by atoms with E-state index in [1.165, 1.54) is 37.8 Å². The summed E-state index contributed by atoms with van der Waals surface area (Å²) < 4.78 is 0.285. The summed E-state index contributed by atoms with van der Waals surface area (Å²) in [6.45, 7) is 5.58. The Labute approximate surface area is 141 Å². The van der Waals surface area contributed by atoms with Gasteiger partial charge in [-0.25, -0.2) is 9.97 Å². The fourth-order valence-electron chi connectivity index (χ4n) is 3.78. The molecule has 1 aromatic heterocycles. The largest absolute Gasteiger partial charge is 0.334 e. The van der Waals surface area contributed by atoms with E-state index in [4.69, 9.17) is 0 Å². The van der Waals surface area contributed by atoms with Gasteiger partial charge < -0.3 is 10.2 Å². The van der Waals surface area contributed by atoms with Crippen LogP contribution in [0.15, 0.2) is 6.33 Å². The molecule has 1 atom stereocenters. The van der Waals surface area contributed by atoms with Gasteiger partial charge in [-0.3, -0.25) is 4.79 Å². The maximum atomic E-state index is 12.7. The predicted octanol–water partition coefficient (Wildman–Crippen LogP) is 1.94. The molecule has 124 valence electrons. The topological polar surface area (TPSA) is 58.1 Å². The number of carbonyl (C=O) groups is 1. The number of amides is 1. The van der Waals surface area contributed by atoms with Crippen LogP contribution in [0.1, 0.15) is 47.4 Å². The molecule has 2 saturated heterocycles. The van der Waals surface area contributed by atoms with Crippen LogP contribution in [0.2, 0.25) is 0 Å². The van der Waals surface area contributed by atoms with E-state index in [0.29, 0.717) is 11.7 Å². The van der Waals surface area contributed by atoms with Crippen molar-refractivity contribution in [3.8, 4) is 0 Å². The third kappa shape index (κ3) is 2.76. The first-order valence-electron chi connectivity index (χ1n) is 8.54. The molecule has 1 amide bonds. The average molecular weight is 332 g/mol. The summed E-state index contributed by atoms with van der Waals surface area (Å²) in [5.74, 6) is 1.25. The molecule has 0 radical (unpaired) electrons. The van der Waals surface area contributed by atoms with Gasteiger partial charge in [-0.05, 0) is 33.1 Å². The smallest absolute Gasteiger partial charge is 0.272 e. The van der Waals surface area contributed by atoms with Crippen molar-refractivity contribution in [3.63, 3.8) is 0 Å². The number of aromatic nitrogens is 2. The van der Waals surface area contributed by atoms with E-state index in [2.05, 4.69) is 27.0 Å². The Hall–Kier alpha value is -1.14. The molecule has 3 heterocycles. The lowest BCUT2D eigenvalue weighted by molar-refractivity contribution is 0.0542. The summed E-state index contributed by atoms with van der Waals surface area (Å²) in [5, 5.41) is 3.79. The second kappa shape index (κ2) is 5.74. The molecule has 1 spiro atoms. The van der Waals surface area contributed by atoms with E-state index in [1.807, 2.05) is 18.7 Å². The first-order chi connectivity index (χ1) is 11.1. The monoisotopic (exact) mass is 332 g/mol. The molecule has 1 unspecified atom stereocenters. The first kappa shape index (κ1) is 15.4. The minimum absolute atomic E-state index is 0.0645. The summed E-state index contributed by atoms with van der Waals surface area (Å²) in [5.41, 5.74) is 2.36. The van der Waals surface area contributed by atoms with Gasteiger partial charge in [0.05, 0.1) is 4.75 Å². The number of carbonyl (C=O) groups excluding carboxylic acids is 1. The lowest BCUT2D eigenvalue weighted by Crippen LogP contribution is -2.61. The summed E-state index contributed by atoms with van der Waals surface area (Å²) in [7, 11) is 0. The zero-order valence-electron chi connectivity index (χ0n) is 13.8. The van der Waals surface area contributed by atoms with E-state index in [0.717, 1.165) is 30.4 Å². The number of nitrogens with one attached hydrogen (secondary N) is 1.